The van der Waals surface area contributed by atoms with Gasteiger partial charge in [-0.15, -0.1) is 0 Å². The third kappa shape index (κ3) is 8.55. The maximum absolute atomic E-state index is 13.4. The van der Waals surface area contributed by atoms with Gasteiger partial charge in [0.05, 0.1) is 119 Å². The van der Waals surface area contributed by atoms with Crippen LogP contribution < -0.4 is 20.9 Å². The lowest BCUT2D eigenvalue weighted by molar-refractivity contribution is 0.393. The van der Waals surface area contributed by atoms with E-state index in [1.54, 1.807) is 63.8 Å². The summed E-state index contributed by atoms with van der Waals surface area (Å²) in [4.78, 5) is 42.5. The van der Waals surface area contributed by atoms with Gasteiger partial charge in [-0.3, -0.25) is 23.7 Å². The lowest BCUT2D eigenvalue weighted by Gasteiger charge is -2.12. The molecule has 0 atom stereocenters. The Kier molecular flexibility index (Phi) is 13.3. The molecule has 10 aromatic rings. The van der Waals surface area contributed by atoms with Crippen LogP contribution in [0.1, 0.15) is 54.4 Å². The van der Waals surface area contributed by atoms with Gasteiger partial charge in [0.1, 0.15) is 28.2 Å². The largest absolute Gasteiger partial charge is 0.496 e. The zero-order valence-corrected chi connectivity index (χ0v) is 40.1. The van der Waals surface area contributed by atoms with Crippen molar-refractivity contribution < 1.29 is 18.5 Å². The van der Waals surface area contributed by atoms with E-state index >= 15 is 0 Å². The number of imidazole rings is 2. The number of H-pyrrole nitrogens is 1. The molecule has 67 heavy (non-hydrogen) atoms. The van der Waals surface area contributed by atoms with Gasteiger partial charge in [-0.1, -0.05) is 47.4 Å². The Labute approximate surface area is 396 Å². The summed E-state index contributed by atoms with van der Waals surface area (Å²) >= 11 is 13.6. The number of aromatic amines is 1. The number of aromatic nitrogens is 9. The summed E-state index contributed by atoms with van der Waals surface area (Å²) in [5, 5.41) is 23.3. The van der Waals surface area contributed by atoms with Crippen molar-refractivity contribution in [3.8, 4) is 39.8 Å². The molecule has 0 saturated carbocycles. The van der Waals surface area contributed by atoms with E-state index in [9.17, 15) is 9.59 Å². The summed E-state index contributed by atoms with van der Waals surface area (Å²) < 4.78 is 27.1. The molecule has 19 heteroatoms. The first kappa shape index (κ1) is 46.3. The minimum atomic E-state index is -0.282. The first-order chi connectivity index (χ1) is 32.4. The fourth-order valence-corrected chi connectivity index (χ4v) is 9.24. The Balaban J connectivity index is 0.000000175. The van der Waals surface area contributed by atoms with Crippen LogP contribution in [0.4, 0.5) is 0 Å². The maximum Gasteiger partial charge on any atom is 0.329 e. The maximum atomic E-state index is 13.4. The number of nitrogens with zero attached hydrogens (tertiary/aromatic N) is 9. The monoisotopic (exact) mass is 958 g/mol. The molecule has 0 radical (unpaired) electrons. The van der Waals surface area contributed by atoms with Crippen molar-refractivity contribution in [3.63, 3.8) is 0 Å². The van der Waals surface area contributed by atoms with Crippen molar-refractivity contribution in [2.75, 3.05) is 14.2 Å². The zero-order chi connectivity index (χ0) is 47.7. The highest BCUT2D eigenvalue weighted by molar-refractivity contribution is 7.07. The van der Waals surface area contributed by atoms with E-state index in [2.05, 4.69) is 36.3 Å². The summed E-state index contributed by atoms with van der Waals surface area (Å²) in [6.07, 6.45) is 3.59. The normalized spacial score (nSPS) is 11.2. The Bertz CT molecular complexity index is 3590. The lowest BCUT2D eigenvalue weighted by Crippen LogP contribution is -2.24. The van der Waals surface area contributed by atoms with Crippen molar-refractivity contribution in [2.24, 2.45) is 0 Å². The Morgan fingerprint density at radius 1 is 0.791 bits per heavy atom. The molecule has 0 fully saturated rings. The first-order valence-corrected chi connectivity index (χ1v) is 22.8. The second kappa shape index (κ2) is 19.3. The molecular formula is C48H44Cl2N10O6S. The van der Waals surface area contributed by atoms with E-state index in [0.717, 1.165) is 61.0 Å². The van der Waals surface area contributed by atoms with Gasteiger partial charge in [-0.05, 0) is 86.5 Å². The molecular weight excluding hydrogens is 916 g/mol. The van der Waals surface area contributed by atoms with Crippen molar-refractivity contribution >= 4 is 78.4 Å². The van der Waals surface area contributed by atoms with Crippen LogP contribution in [0.5, 0.6) is 11.5 Å². The smallest absolute Gasteiger partial charge is 0.329 e. The van der Waals surface area contributed by atoms with Crippen LogP contribution in [0.2, 0.25) is 10.2 Å². The van der Waals surface area contributed by atoms with Gasteiger partial charge in [0, 0.05) is 28.4 Å². The molecule has 0 spiro atoms. The van der Waals surface area contributed by atoms with E-state index in [0.29, 0.717) is 68.9 Å². The van der Waals surface area contributed by atoms with Crippen LogP contribution in [0.25, 0.3) is 66.1 Å². The fraction of sp³-hybridized carbons (Fsp3) is 0.250. The van der Waals surface area contributed by atoms with Crippen LogP contribution in [0, 0.1) is 39.0 Å². The minimum Gasteiger partial charge on any atom is -0.496 e. The molecule has 0 amide bonds. The molecule has 0 unspecified atom stereocenters. The Morgan fingerprint density at radius 3 is 1.94 bits per heavy atom. The van der Waals surface area contributed by atoms with Crippen molar-refractivity contribution in [1.29, 1.82) is 5.26 Å². The van der Waals surface area contributed by atoms with Crippen molar-refractivity contribution in [1.82, 2.24) is 44.0 Å². The van der Waals surface area contributed by atoms with Gasteiger partial charge in [0.2, 0.25) is 0 Å². The van der Waals surface area contributed by atoms with Gasteiger partial charge in [-0.25, -0.2) is 14.6 Å². The second-order valence-corrected chi connectivity index (χ2v) is 16.7. The number of methoxy groups -OCH3 is 2. The van der Waals surface area contributed by atoms with Gasteiger partial charge in [-0.2, -0.15) is 16.6 Å². The van der Waals surface area contributed by atoms with Gasteiger partial charge in [0.25, 0.3) is 0 Å². The molecule has 8 heterocycles. The highest BCUT2D eigenvalue weighted by atomic mass is 35.5. The molecule has 2 aromatic carbocycles. The second-order valence-electron chi connectivity index (χ2n) is 15.2. The van der Waals surface area contributed by atoms with Crippen LogP contribution >= 0.6 is 34.5 Å². The van der Waals surface area contributed by atoms with E-state index in [1.165, 1.54) is 0 Å². The molecule has 0 aliphatic heterocycles. The molecule has 0 aliphatic rings. The van der Waals surface area contributed by atoms with Gasteiger partial charge in [0.15, 0.2) is 0 Å². The summed E-state index contributed by atoms with van der Waals surface area (Å²) in [5.74, 6) is 2.65. The quantitative estimate of drug-likeness (QED) is 0.127. The minimum absolute atomic E-state index is 0.158. The highest BCUT2D eigenvalue weighted by Crippen LogP contribution is 2.40. The molecule has 342 valence electrons. The first-order valence-electron chi connectivity index (χ1n) is 21.1. The fourth-order valence-electron chi connectivity index (χ4n) is 8.30. The molecule has 0 aliphatic carbocycles. The zero-order valence-electron chi connectivity index (χ0n) is 37.8. The number of hydrogen-bond acceptors (Lipinski definition) is 13. The Morgan fingerprint density at radius 2 is 1.40 bits per heavy atom. The highest BCUT2D eigenvalue weighted by Gasteiger charge is 2.23. The number of aryl methyl sites for hydroxylation is 5. The van der Waals surface area contributed by atoms with Crippen LogP contribution in [-0.2, 0) is 19.6 Å². The standard InChI is InChI=1S/C24H21N5O3S.C22H17Cl2N5O3.C2H6/c1-14-22(15(2)32-27-14)18-9-19-17(10-21(18)31-3)23-20(11-26-19)28(7-4-6-25)24(30)29(23)12-16-5-8-33-13-16;1-10-19(11(2)32-28-10)14-6-16-13(7-18(14)31-3)20-17(8-25-16)27-22(30)29(20)9-12-4-5-15(23)21(24)26-12;1-2/h5,8-11,13H,4,7,12H2,1-3H3;4-8H,9H2,1-3H3,(H,27,30);1-2H3. The number of nitriles is 1. The van der Waals surface area contributed by atoms with Gasteiger partial charge >= 0.3 is 11.4 Å². The summed E-state index contributed by atoms with van der Waals surface area (Å²) in [6.45, 7) is 12.4. The third-order valence-corrected chi connectivity index (χ3v) is 12.7. The average Bonchev–Trinajstić information content (AvgIpc) is 4.16. The number of fused-ring (bicyclic) bond motifs is 6. The number of pyridine rings is 3. The lowest BCUT2D eigenvalue weighted by atomic mass is 10.0. The SMILES string of the molecule is CC.COc1cc2c(cc1-c1c(C)noc1C)ncc1[nH]c(=O)n(Cc3ccc(Cl)c(Cl)n3)c12.COc1cc2c(cc1-c1c(C)noc1C)ncc1c2n(Cc2ccsc2)c(=O)n1CCC#N. The number of ether oxygens (including phenoxy) is 2. The Hall–Kier alpha value is -7.26. The van der Waals surface area contributed by atoms with Crippen LogP contribution in [0.15, 0.2) is 84.3 Å². The van der Waals surface area contributed by atoms with E-state index in [1.807, 2.05) is 82.6 Å². The number of halogens is 2. The molecule has 0 bridgehead atoms. The topological polar surface area (TPSA) is 198 Å². The molecule has 0 saturated heterocycles. The predicted molar refractivity (Wildman–Crippen MR) is 261 cm³/mol. The van der Waals surface area contributed by atoms with Gasteiger partial charge < -0.3 is 23.5 Å². The summed E-state index contributed by atoms with van der Waals surface area (Å²) in [7, 11) is 3.22. The molecule has 1 N–H and O–H groups in total. The predicted octanol–water partition coefficient (Wildman–Crippen LogP) is 10.6. The number of benzene rings is 2. The molecule has 10 rings (SSSR count). The van der Waals surface area contributed by atoms with E-state index in [4.69, 9.17) is 47.0 Å². The number of nitrogens with one attached hydrogen (secondary N) is 1. The van der Waals surface area contributed by atoms with Crippen molar-refractivity contribution in [3.05, 3.63) is 131 Å². The third-order valence-electron chi connectivity index (χ3n) is 11.2. The summed E-state index contributed by atoms with van der Waals surface area (Å²) in [6, 6.07) is 15.2. The van der Waals surface area contributed by atoms with Crippen LogP contribution in [0.3, 0.4) is 0 Å². The molecule has 8 aromatic heterocycles. The van der Waals surface area contributed by atoms with E-state index in [-0.39, 0.29) is 29.5 Å². The number of thiophene rings is 1. The van der Waals surface area contributed by atoms with E-state index < -0.39 is 0 Å². The number of hydrogen-bond donors (Lipinski definition) is 1. The molecule has 16 nitrogen and oxygen atoms in total. The van der Waals surface area contributed by atoms with Crippen LogP contribution in [-0.4, -0.2) is 58.2 Å². The number of rotatable bonds is 10. The average molecular weight is 960 g/mol. The van der Waals surface area contributed by atoms with Crippen molar-refractivity contribution in [2.45, 2.75) is 67.6 Å². The summed E-state index contributed by atoms with van der Waals surface area (Å²) in [5.41, 5.74) is 10.3.